The lowest BCUT2D eigenvalue weighted by atomic mass is 9.75. The van der Waals surface area contributed by atoms with Crippen LogP contribution in [0.2, 0.25) is 0 Å². The normalized spacial score (nSPS) is 29.8. The number of hydrogen-bond donors (Lipinski definition) is 1. The smallest absolute Gasteiger partial charge is 0.490 e. The molecule has 0 aromatic heterocycles. The number of rotatable bonds is 5. The van der Waals surface area contributed by atoms with Crippen molar-refractivity contribution in [1.29, 1.82) is 5.26 Å². The first kappa shape index (κ1) is 18.3. The Kier molecular flexibility index (Phi) is 4.61. The van der Waals surface area contributed by atoms with Gasteiger partial charge in [-0.1, -0.05) is 12.1 Å². The Morgan fingerprint density at radius 3 is 2.20 bits per heavy atom. The Labute approximate surface area is 150 Å². The van der Waals surface area contributed by atoms with Crippen molar-refractivity contribution in [2.75, 3.05) is 6.54 Å². The van der Waals surface area contributed by atoms with Crippen LogP contribution in [0.15, 0.2) is 24.3 Å². The number of benzene rings is 1. The fourth-order valence-corrected chi connectivity index (χ4v) is 3.30. The lowest BCUT2D eigenvalue weighted by Gasteiger charge is -2.45. The van der Waals surface area contributed by atoms with Crippen molar-refractivity contribution in [2.45, 2.75) is 70.3 Å². The predicted octanol–water partition coefficient (Wildman–Crippen LogP) is 2.40. The van der Waals surface area contributed by atoms with Crippen LogP contribution in [0.5, 0.6) is 5.75 Å². The van der Waals surface area contributed by atoms with Gasteiger partial charge in [0.05, 0.1) is 23.8 Å². The van der Waals surface area contributed by atoms with Crippen LogP contribution in [0.4, 0.5) is 0 Å². The SMILES string of the molecule is CC1(NCC#N)CC(Oc2ccc(B3OC(C)(C)C(C)(C)O3)cc2)C1. The maximum atomic E-state index is 8.67. The Morgan fingerprint density at radius 1 is 1.12 bits per heavy atom. The quantitative estimate of drug-likeness (QED) is 0.658. The van der Waals surface area contributed by atoms with Gasteiger partial charge < -0.3 is 14.0 Å². The molecule has 1 aliphatic carbocycles. The second-order valence-electron chi connectivity index (χ2n) is 8.38. The molecule has 1 N–H and O–H groups in total. The molecular weight excluding hydrogens is 315 g/mol. The fourth-order valence-electron chi connectivity index (χ4n) is 3.30. The second kappa shape index (κ2) is 6.32. The van der Waals surface area contributed by atoms with Crippen LogP contribution < -0.4 is 15.5 Å². The number of hydrogen-bond acceptors (Lipinski definition) is 5. The van der Waals surface area contributed by atoms with Crippen LogP contribution in [0, 0.1) is 11.3 Å². The zero-order valence-electron chi connectivity index (χ0n) is 15.8. The van der Waals surface area contributed by atoms with Crippen LogP contribution in [-0.2, 0) is 9.31 Å². The van der Waals surface area contributed by atoms with E-state index in [9.17, 15) is 0 Å². The molecule has 25 heavy (non-hydrogen) atoms. The van der Waals surface area contributed by atoms with Crippen molar-refractivity contribution in [3.8, 4) is 11.8 Å². The molecule has 2 fully saturated rings. The number of nitrogens with zero attached hydrogens (tertiary/aromatic N) is 1. The molecule has 0 atom stereocenters. The lowest BCUT2D eigenvalue weighted by Crippen LogP contribution is -2.57. The van der Waals surface area contributed by atoms with E-state index in [4.69, 9.17) is 19.3 Å². The molecule has 3 rings (SSSR count). The van der Waals surface area contributed by atoms with E-state index >= 15 is 0 Å². The van der Waals surface area contributed by atoms with Crippen LogP contribution in [0.25, 0.3) is 0 Å². The van der Waals surface area contributed by atoms with Gasteiger partial charge >= 0.3 is 7.12 Å². The molecule has 2 aliphatic rings. The van der Waals surface area contributed by atoms with Gasteiger partial charge in [0.2, 0.25) is 0 Å². The van der Waals surface area contributed by atoms with Gasteiger partial charge in [0.25, 0.3) is 0 Å². The van der Waals surface area contributed by atoms with Gasteiger partial charge in [-0.2, -0.15) is 5.26 Å². The highest BCUT2D eigenvalue weighted by molar-refractivity contribution is 6.62. The molecule has 0 unspecified atom stereocenters. The molecule has 6 heteroatoms. The summed E-state index contributed by atoms with van der Waals surface area (Å²) in [4.78, 5) is 0. The van der Waals surface area contributed by atoms with E-state index in [0.29, 0.717) is 6.54 Å². The summed E-state index contributed by atoms with van der Waals surface area (Å²) < 4.78 is 18.2. The molecule has 1 heterocycles. The van der Waals surface area contributed by atoms with Gasteiger partial charge in [-0.25, -0.2) is 0 Å². The molecule has 1 aliphatic heterocycles. The molecule has 0 amide bonds. The molecule has 0 radical (unpaired) electrons. The van der Waals surface area contributed by atoms with E-state index in [-0.39, 0.29) is 30.0 Å². The molecule has 1 aromatic carbocycles. The summed E-state index contributed by atoms with van der Waals surface area (Å²) in [6, 6.07) is 10.1. The van der Waals surface area contributed by atoms with E-state index in [2.05, 4.69) is 46.0 Å². The molecule has 0 spiro atoms. The Hall–Kier alpha value is -1.55. The van der Waals surface area contributed by atoms with Crippen LogP contribution in [0.3, 0.4) is 0 Å². The summed E-state index contributed by atoms with van der Waals surface area (Å²) in [6.45, 7) is 10.7. The first-order chi connectivity index (χ1) is 11.6. The van der Waals surface area contributed by atoms with E-state index in [0.717, 1.165) is 24.1 Å². The van der Waals surface area contributed by atoms with Crippen LogP contribution in [-0.4, -0.2) is 36.5 Å². The zero-order chi connectivity index (χ0) is 18.3. The van der Waals surface area contributed by atoms with Crippen molar-refractivity contribution in [2.24, 2.45) is 0 Å². The van der Waals surface area contributed by atoms with Crippen molar-refractivity contribution < 1.29 is 14.0 Å². The zero-order valence-corrected chi connectivity index (χ0v) is 15.8. The summed E-state index contributed by atoms with van der Waals surface area (Å²) in [5, 5.41) is 11.9. The van der Waals surface area contributed by atoms with Crippen molar-refractivity contribution in [1.82, 2.24) is 5.32 Å². The number of ether oxygens (including phenoxy) is 1. The highest BCUT2D eigenvalue weighted by Gasteiger charge is 2.51. The average molecular weight is 342 g/mol. The average Bonchev–Trinajstić information content (AvgIpc) is 2.72. The van der Waals surface area contributed by atoms with Gasteiger partial charge in [-0.3, -0.25) is 5.32 Å². The van der Waals surface area contributed by atoms with Crippen LogP contribution in [0.1, 0.15) is 47.5 Å². The molecule has 0 bridgehead atoms. The van der Waals surface area contributed by atoms with E-state index in [1.807, 2.05) is 24.3 Å². The van der Waals surface area contributed by atoms with Gasteiger partial charge in [0.15, 0.2) is 0 Å². The predicted molar refractivity (Wildman–Crippen MR) is 97.8 cm³/mol. The van der Waals surface area contributed by atoms with E-state index in [1.54, 1.807) is 0 Å². The fraction of sp³-hybridized carbons (Fsp3) is 0.632. The standard InChI is InChI=1S/C19H27BN2O3/c1-17(2)18(3,4)25-20(24-17)14-6-8-15(9-7-14)23-16-12-19(5,13-16)22-11-10-21/h6-9,16,22H,11-13H2,1-5H3. The second-order valence-corrected chi connectivity index (χ2v) is 8.38. The molecule has 1 aromatic rings. The number of nitriles is 1. The Balaban J connectivity index is 1.55. The largest absolute Gasteiger partial charge is 0.494 e. The minimum Gasteiger partial charge on any atom is -0.490 e. The van der Waals surface area contributed by atoms with Gasteiger partial charge in [-0.05, 0) is 52.2 Å². The maximum Gasteiger partial charge on any atom is 0.494 e. The summed E-state index contributed by atoms with van der Waals surface area (Å²) in [6.07, 6.45) is 2.01. The van der Waals surface area contributed by atoms with Crippen LogP contribution >= 0.6 is 0 Å². The van der Waals surface area contributed by atoms with Gasteiger partial charge in [0.1, 0.15) is 11.9 Å². The molecular formula is C19H27BN2O3. The third-order valence-electron chi connectivity index (χ3n) is 5.66. The molecule has 1 saturated heterocycles. The maximum absolute atomic E-state index is 8.67. The highest BCUT2D eigenvalue weighted by Crippen LogP contribution is 2.37. The van der Waals surface area contributed by atoms with E-state index in [1.165, 1.54) is 0 Å². The topological polar surface area (TPSA) is 63.5 Å². The summed E-state index contributed by atoms with van der Waals surface area (Å²) >= 11 is 0. The molecule has 1 saturated carbocycles. The van der Waals surface area contributed by atoms with Gasteiger partial charge in [0, 0.05) is 18.4 Å². The van der Waals surface area contributed by atoms with Crippen molar-refractivity contribution >= 4 is 12.6 Å². The third kappa shape index (κ3) is 3.69. The first-order valence-corrected chi connectivity index (χ1v) is 8.88. The lowest BCUT2D eigenvalue weighted by molar-refractivity contribution is 0.00578. The Bertz CT molecular complexity index is 644. The third-order valence-corrected chi connectivity index (χ3v) is 5.66. The minimum atomic E-state index is -0.346. The molecule has 134 valence electrons. The Morgan fingerprint density at radius 2 is 1.68 bits per heavy atom. The highest BCUT2D eigenvalue weighted by atomic mass is 16.7. The van der Waals surface area contributed by atoms with Crippen molar-refractivity contribution in [3.63, 3.8) is 0 Å². The van der Waals surface area contributed by atoms with Gasteiger partial charge in [-0.15, -0.1) is 0 Å². The minimum absolute atomic E-state index is 0.0169. The van der Waals surface area contributed by atoms with E-state index < -0.39 is 0 Å². The van der Waals surface area contributed by atoms with Crippen molar-refractivity contribution in [3.05, 3.63) is 24.3 Å². The summed E-state index contributed by atoms with van der Waals surface area (Å²) in [5.41, 5.74) is 0.350. The monoisotopic (exact) mass is 342 g/mol. The summed E-state index contributed by atoms with van der Waals surface area (Å²) in [5.74, 6) is 0.854. The first-order valence-electron chi connectivity index (χ1n) is 8.88. The number of nitrogens with one attached hydrogen (secondary N) is 1. The summed E-state index contributed by atoms with van der Waals surface area (Å²) in [7, 11) is -0.346. The molecule has 5 nitrogen and oxygen atoms in total.